The number of nitrogens with zero attached hydrogens (tertiary/aromatic N) is 2. The molecule has 0 bridgehead atoms. The molecule has 0 aliphatic rings. The number of aromatic amines is 1. The van der Waals surface area contributed by atoms with Gasteiger partial charge in [0.1, 0.15) is 0 Å². The topological polar surface area (TPSA) is 58.1 Å². The second-order valence-corrected chi connectivity index (χ2v) is 8.10. The number of benzene rings is 1. The number of fused-ring (bicyclic) bond motifs is 1. The molecule has 1 aromatic carbocycles. The molecule has 0 radical (unpaired) electrons. The number of nitrogens with one attached hydrogen (secondary N) is 1. The highest BCUT2D eigenvalue weighted by Crippen LogP contribution is 2.15. The summed E-state index contributed by atoms with van der Waals surface area (Å²) in [6.45, 7) is 10.1. The molecule has 2 aromatic rings. The van der Waals surface area contributed by atoms with Crippen molar-refractivity contribution in [2.24, 2.45) is 18.9 Å². The summed E-state index contributed by atoms with van der Waals surface area (Å²) < 4.78 is 1.75. The fourth-order valence-corrected chi connectivity index (χ4v) is 2.96. The number of H-pyrrole nitrogens is 1. The lowest BCUT2D eigenvalue weighted by Gasteiger charge is -2.24. The van der Waals surface area contributed by atoms with Crippen LogP contribution in [0, 0.1) is 16.6 Å². The maximum atomic E-state index is 13.1. The molecule has 1 amide bonds. The van der Waals surface area contributed by atoms with E-state index in [1.807, 2.05) is 4.90 Å². The lowest BCUT2D eigenvalue weighted by molar-refractivity contribution is 0.0741. The first-order valence-electron chi connectivity index (χ1n) is 9.23. The van der Waals surface area contributed by atoms with Crippen LogP contribution < -0.4 is 5.56 Å². The van der Waals surface area contributed by atoms with Gasteiger partial charge in [0.25, 0.3) is 11.5 Å². The summed E-state index contributed by atoms with van der Waals surface area (Å²) >= 11 is 5.18. The normalized spacial score (nSPS) is 11.5. The van der Waals surface area contributed by atoms with E-state index in [1.165, 1.54) is 4.57 Å². The minimum absolute atomic E-state index is 0.00759. The van der Waals surface area contributed by atoms with Gasteiger partial charge in [0.2, 0.25) is 0 Å². The Labute approximate surface area is 160 Å². The van der Waals surface area contributed by atoms with E-state index >= 15 is 0 Å². The number of carbonyl (C=O) groups is 1. The largest absolute Gasteiger partial charge is 0.339 e. The molecule has 0 aliphatic heterocycles. The Bertz CT molecular complexity index is 884. The van der Waals surface area contributed by atoms with Crippen molar-refractivity contribution in [3.8, 4) is 0 Å². The Kier molecular flexibility index (Phi) is 6.75. The fraction of sp³-hybridized carbons (Fsp3) is 0.550. The quantitative estimate of drug-likeness (QED) is 0.740. The van der Waals surface area contributed by atoms with E-state index < -0.39 is 0 Å². The third-order valence-corrected chi connectivity index (χ3v) is 4.96. The molecule has 1 aromatic heterocycles. The summed E-state index contributed by atoms with van der Waals surface area (Å²) in [5.41, 5.74) is 1.04. The zero-order valence-corrected chi connectivity index (χ0v) is 17.2. The monoisotopic (exact) mass is 375 g/mol. The Morgan fingerprint density at radius 2 is 1.73 bits per heavy atom. The lowest BCUT2D eigenvalue weighted by atomic mass is 10.1. The zero-order chi connectivity index (χ0) is 19.4. The molecule has 6 heteroatoms. The van der Waals surface area contributed by atoms with Crippen LogP contribution in [0.1, 0.15) is 50.9 Å². The van der Waals surface area contributed by atoms with Gasteiger partial charge >= 0.3 is 0 Å². The van der Waals surface area contributed by atoms with E-state index in [4.69, 9.17) is 12.2 Å². The summed E-state index contributed by atoms with van der Waals surface area (Å²) in [6.07, 6.45) is 1.95. The van der Waals surface area contributed by atoms with Crippen molar-refractivity contribution in [3.05, 3.63) is 38.9 Å². The Morgan fingerprint density at radius 1 is 1.15 bits per heavy atom. The molecule has 0 saturated heterocycles. The van der Waals surface area contributed by atoms with Gasteiger partial charge in [0.05, 0.1) is 10.9 Å². The molecular weight excluding hydrogens is 346 g/mol. The number of hydrogen-bond acceptors (Lipinski definition) is 3. The number of aromatic nitrogens is 2. The molecule has 1 N–H and O–H groups in total. The highest BCUT2D eigenvalue weighted by molar-refractivity contribution is 7.71. The van der Waals surface area contributed by atoms with Crippen LogP contribution in [0.5, 0.6) is 0 Å². The van der Waals surface area contributed by atoms with Gasteiger partial charge in [-0.3, -0.25) is 14.2 Å². The number of carbonyl (C=O) groups excluding carboxylic acids is 1. The number of hydrogen-bond donors (Lipinski definition) is 1. The van der Waals surface area contributed by atoms with Gasteiger partial charge in [-0.05, 0) is 55.1 Å². The Balaban J connectivity index is 2.36. The van der Waals surface area contributed by atoms with Crippen molar-refractivity contribution in [1.82, 2.24) is 14.5 Å². The van der Waals surface area contributed by atoms with Crippen LogP contribution in [0.25, 0.3) is 10.9 Å². The molecule has 142 valence electrons. The number of amides is 1. The molecule has 0 saturated carbocycles. The number of rotatable bonds is 7. The molecule has 2 rings (SSSR count). The second kappa shape index (κ2) is 8.62. The second-order valence-electron chi connectivity index (χ2n) is 7.71. The van der Waals surface area contributed by atoms with Crippen molar-refractivity contribution >= 4 is 29.0 Å². The predicted octanol–water partition coefficient (Wildman–Crippen LogP) is 4.13. The van der Waals surface area contributed by atoms with Crippen LogP contribution >= 0.6 is 12.2 Å². The van der Waals surface area contributed by atoms with Crippen LogP contribution in [-0.4, -0.2) is 33.4 Å². The van der Waals surface area contributed by atoms with Gasteiger partial charge in [-0.15, -0.1) is 0 Å². The van der Waals surface area contributed by atoms with Gasteiger partial charge in [0.15, 0.2) is 4.77 Å². The van der Waals surface area contributed by atoms with E-state index in [0.29, 0.717) is 33.1 Å². The highest BCUT2D eigenvalue weighted by Gasteiger charge is 2.17. The van der Waals surface area contributed by atoms with E-state index in [-0.39, 0.29) is 11.5 Å². The Morgan fingerprint density at radius 3 is 2.27 bits per heavy atom. The molecule has 0 aliphatic carbocycles. The average Bonchev–Trinajstić information content (AvgIpc) is 2.58. The van der Waals surface area contributed by atoms with Crippen molar-refractivity contribution in [2.45, 2.75) is 40.5 Å². The van der Waals surface area contributed by atoms with E-state index in [1.54, 1.807) is 25.2 Å². The van der Waals surface area contributed by atoms with Crippen LogP contribution in [0.2, 0.25) is 0 Å². The third-order valence-electron chi connectivity index (χ3n) is 4.59. The van der Waals surface area contributed by atoms with Crippen LogP contribution in [0.15, 0.2) is 23.0 Å². The van der Waals surface area contributed by atoms with Crippen molar-refractivity contribution in [2.75, 3.05) is 13.1 Å². The van der Waals surface area contributed by atoms with Crippen LogP contribution in [0.4, 0.5) is 0 Å². The summed E-state index contributed by atoms with van der Waals surface area (Å²) in [6, 6.07) is 5.19. The van der Waals surface area contributed by atoms with Crippen LogP contribution in [0.3, 0.4) is 0 Å². The lowest BCUT2D eigenvalue weighted by Crippen LogP contribution is -2.34. The van der Waals surface area contributed by atoms with Gasteiger partial charge in [0, 0.05) is 25.7 Å². The molecule has 0 spiro atoms. The average molecular weight is 376 g/mol. The summed E-state index contributed by atoms with van der Waals surface area (Å²) in [5.74, 6) is 1.09. The molecule has 0 unspecified atom stereocenters. The first-order chi connectivity index (χ1) is 12.2. The summed E-state index contributed by atoms with van der Waals surface area (Å²) in [7, 11) is 1.64. The zero-order valence-electron chi connectivity index (χ0n) is 16.3. The van der Waals surface area contributed by atoms with Gasteiger partial charge in [-0.1, -0.05) is 27.7 Å². The summed E-state index contributed by atoms with van der Waals surface area (Å²) in [4.78, 5) is 30.3. The SMILES string of the molecule is CC(C)CCN(CCC(C)C)C(=O)c1ccc2c(=O)n(C)c(=S)[nH]c2c1. The Hall–Kier alpha value is -1.95. The molecule has 0 atom stereocenters. The van der Waals surface area contributed by atoms with Gasteiger partial charge in [-0.25, -0.2) is 0 Å². The minimum atomic E-state index is -0.153. The van der Waals surface area contributed by atoms with Crippen molar-refractivity contribution in [1.29, 1.82) is 0 Å². The maximum Gasteiger partial charge on any atom is 0.261 e. The van der Waals surface area contributed by atoms with Crippen molar-refractivity contribution < 1.29 is 4.79 Å². The van der Waals surface area contributed by atoms with E-state index in [2.05, 4.69) is 32.7 Å². The fourth-order valence-electron chi connectivity index (χ4n) is 2.76. The minimum Gasteiger partial charge on any atom is -0.339 e. The van der Waals surface area contributed by atoms with Crippen LogP contribution in [-0.2, 0) is 7.05 Å². The standard InChI is InChI=1S/C20H29N3O2S/c1-13(2)8-10-23(11-9-14(3)4)18(24)15-6-7-16-17(12-15)21-20(26)22(5)19(16)25/h6-7,12-14H,8-11H2,1-5H3,(H,21,26). The van der Waals surface area contributed by atoms with Gasteiger partial charge in [-0.2, -0.15) is 0 Å². The maximum absolute atomic E-state index is 13.1. The van der Waals surface area contributed by atoms with Crippen molar-refractivity contribution in [3.63, 3.8) is 0 Å². The predicted molar refractivity (Wildman–Crippen MR) is 109 cm³/mol. The molecule has 5 nitrogen and oxygen atoms in total. The van der Waals surface area contributed by atoms with Gasteiger partial charge < -0.3 is 9.88 Å². The molecule has 1 heterocycles. The van der Waals surface area contributed by atoms with E-state index in [0.717, 1.165) is 25.9 Å². The first-order valence-corrected chi connectivity index (χ1v) is 9.64. The third kappa shape index (κ3) is 4.81. The first kappa shape index (κ1) is 20.4. The molecular formula is C20H29N3O2S. The molecule has 26 heavy (non-hydrogen) atoms. The van der Waals surface area contributed by atoms with E-state index in [9.17, 15) is 9.59 Å². The smallest absolute Gasteiger partial charge is 0.261 e. The summed E-state index contributed by atoms with van der Waals surface area (Å²) in [5, 5.41) is 0.536. The highest BCUT2D eigenvalue weighted by atomic mass is 32.1. The molecule has 0 fully saturated rings.